The minimum Gasteiger partial charge on any atom is -0.460 e. The summed E-state index contributed by atoms with van der Waals surface area (Å²) in [6.07, 6.45) is 1.95. The zero-order chi connectivity index (χ0) is 19.4. The molecule has 0 N–H and O–H groups in total. The number of hydrogen-bond acceptors (Lipinski definition) is 3. The highest BCUT2D eigenvalue weighted by molar-refractivity contribution is 6.30. The minimum absolute atomic E-state index is 0.0575. The van der Waals surface area contributed by atoms with Gasteiger partial charge in [0.1, 0.15) is 11.5 Å². The Balaban J connectivity index is 1.89. The maximum atomic E-state index is 13.4. The summed E-state index contributed by atoms with van der Waals surface area (Å²) in [5.41, 5.74) is 2.70. The number of aromatic nitrogens is 1. The highest BCUT2D eigenvalue weighted by Crippen LogP contribution is 2.47. The van der Waals surface area contributed by atoms with Crippen LogP contribution in [0.2, 0.25) is 5.02 Å². The maximum Gasteiger partial charge on any atom is 0.258 e. The number of fused-ring (bicyclic) bond motifs is 3. The second kappa shape index (κ2) is 6.35. The average molecular weight is 392 g/mol. The molecule has 1 atom stereocenters. The van der Waals surface area contributed by atoms with E-state index in [1.54, 1.807) is 23.7 Å². The van der Waals surface area contributed by atoms with Crippen LogP contribution >= 0.6 is 11.6 Å². The van der Waals surface area contributed by atoms with E-state index in [1.807, 2.05) is 36.4 Å². The van der Waals surface area contributed by atoms with Gasteiger partial charge in [-0.15, -0.1) is 0 Å². The molecule has 5 rings (SSSR count). The van der Waals surface area contributed by atoms with Crippen LogP contribution in [0, 0.1) is 0 Å². The third-order valence-corrected chi connectivity index (χ3v) is 5.96. The molecule has 2 aromatic carbocycles. The molecular weight excluding hydrogens is 374 g/mol. The number of benzene rings is 2. The van der Waals surface area contributed by atoms with E-state index >= 15 is 0 Å². The van der Waals surface area contributed by atoms with Crippen molar-refractivity contribution in [2.24, 2.45) is 7.05 Å². The summed E-state index contributed by atoms with van der Waals surface area (Å²) in [6.45, 7) is 0. The lowest BCUT2D eigenvalue weighted by Crippen LogP contribution is -2.33. The molecule has 0 amide bonds. The summed E-state index contributed by atoms with van der Waals surface area (Å²) in [5, 5.41) is 1.50. The molecule has 28 heavy (non-hydrogen) atoms. The van der Waals surface area contributed by atoms with Crippen molar-refractivity contribution in [2.45, 2.75) is 25.2 Å². The first kappa shape index (κ1) is 17.3. The van der Waals surface area contributed by atoms with E-state index in [2.05, 4.69) is 0 Å². The minimum atomic E-state index is -0.438. The topological polar surface area (TPSA) is 48.3 Å². The third kappa shape index (κ3) is 2.45. The van der Waals surface area contributed by atoms with Crippen molar-refractivity contribution in [2.75, 3.05) is 0 Å². The predicted molar refractivity (Wildman–Crippen MR) is 109 cm³/mol. The molecule has 0 spiro atoms. The van der Waals surface area contributed by atoms with Gasteiger partial charge < -0.3 is 9.30 Å². The van der Waals surface area contributed by atoms with Crippen LogP contribution < -0.4 is 10.3 Å². The molecule has 0 saturated heterocycles. The predicted octanol–water partition coefficient (Wildman–Crippen LogP) is 4.72. The van der Waals surface area contributed by atoms with Gasteiger partial charge in [0.25, 0.3) is 5.56 Å². The quantitative estimate of drug-likeness (QED) is 0.602. The Morgan fingerprint density at radius 3 is 2.57 bits per heavy atom. The van der Waals surface area contributed by atoms with Gasteiger partial charge in [0.05, 0.1) is 17.0 Å². The lowest BCUT2D eigenvalue weighted by molar-refractivity contribution is -0.116. The fraction of sp³-hybridized carbons (Fsp3) is 0.217. The summed E-state index contributed by atoms with van der Waals surface area (Å²) in [5.74, 6) is 0.892. The van der Waals surface area contributed by atoms with E-state index in [0.717, 1.165) is 22.9 Å². The van der Waals surface area contributed by atoms with E-state index in [1.165, 1.54) is 0 Å². The van der Waals surface area contributed by atoms with Gasteiger partial charge in [-0.1, -0.05) is 35.9 Å². The Labute approximate surface area is 167 Å². The molecule has 0 fully saturated rings. The molecule has 140 valence electrons. The van der Waals surface area contributed by atoms with Crippen molar-refractivity contribution in [3.8, 4) is 5.75 Å². The van der Waals surface area contributed by atoms with E-state index in [4.69, 9.17) is 16.3 Å². The molecule has 1 unspecified atom stereocenters. The van der Waals surface area contributed by atoms with Crippen molar-refractivity contribution in [1.82, 2.24) is 4.57 Å². The van der Waals surface area contributed by atoms with Gasteiger partial charge in [-0.3, -0.25) is 9.59 Å². The second-order valence-corrected chi connectivity index (χ2v) is 7.76. The number of carbonyl (C=O) groups excluding carboxylic acids is 1. The molecule has 2 heterocycles. The summed E-state index contributed by atoms with van der Waals surface area (Å²) in [6, 6.07) is 15.1. The molecule has 1 aliphatic heterocycles. The van der Waals surface area contributed by atoms with Gasteiger partial charge in [0.2, 0.25) is 0 Å². The third-order valence-electron chi connectivity index (χ3n) is 5.70. The monoisotopic (exact) mass is 391 g/mol. The van der Waals surface area contributed by atoms with Gasteiger partial charge in [-0.25, -0.2) is 0 Å². The number of ketones is 1. The van der Waals surface area contributed by atoms with Crippen LogP contribution in [0.1, 0.15) is 36.3 Å². The largest absolute Gasteiger partial charge is 0.460 e. The molecule has 0 radical (unpaired) electrons. The van der Waals surface area contributed by atoms with Crippen molar-refractivity contribution < 1.29 is 9.53 Å². The molecule has 1 aromatic heterocycles. The van der Waals surface area contributed by atoms with Crippen molar-refractivity contribution >= 4 is 28.3 Å². The number of allylic oxidation sites excluding steroid dienone is 2. The normalized spacial score (nSPS) is 18.6. The number of aryl methyl sites for hydroxylation is 1. The van der Waals surface area contributed by atoms with Crippen LogP contribution in [0.15, 0.2) is 64.7 Å². The zero-order valence-corrected chi connectivity index (χ0v) is 16.1. The Hall–Kier alpha value is -2.85. The average Bonchev–Trinajstić information content (AvgIpc) is 2.71. The first-order valence-electron chi connectivity index (χ1n) is 9.37. The number of nitrogens with zero attached hydrogens (tertiary/aromatic N) is 1. The van der Waals surface area contributed by atoms with Crippen LogP contribution in [-0.2, 0) is 11.8 Å². The number of Topliss-reactive ketones (excluding diaryl/α,β-unsaturated/α-hetero) is 1. The summed E-state index contributed by atoms with van der Waals surface area (Å²) < 4.78 is 7.89. The van der Waals surface area contributed by atoms with Crippen LogP contribution in [0.25, 0.3) is 10.9 Å². The fourth-order valence-electron chi connectivity index (χ4n) is 4.37. The first-order valence-corrected chi connectivity index (χ1v) is 9.75. The SMILES string of the molecule is Cn1c(=O)c2c(c3ccccc31)OC1=C(C(=O)CCC1)C2c1ccc(Cl)cc1. The van der Waals surface area contributed by atoms with E-state index in [9.17, 15) is 9.59 Å². The zero-order valence-electron chi connectivity index (χ0n) is 15.4. The standard InChI is InChI=1S/C23H18ClNO3/c1-25-16-6-3-2-5-15(16)22-21(23(25)27)19(13-9-11-14(24)12-10-13)20-17(26)7-4-8-18(20)28-22/h2-3,5-6,9-12,19H,4,7-8H2,1H3. The van der Waals surface area contributed by atoms with E-state index in [0.29, 0.717) is 40.5 Å². The Kier molecular flexibility index (Phi) is 3.91. The molecule has 2 aliphatic rings. The fourth-order valence-corrected chi connectivity index (χ4v) is 4.50. The Morgan fingerprint density at radius 2 is 1.79 bits per heavy atom. The molecular formula is C23H18ClNO3. The summed E-state index contributed by atoms with van der Waals surface area (Å²) in [4.78, 5) is 26.3. The Bertz CT molecular complexity index is 1220. The van der Waals surface area contributed by atoms with Gasteiger partial charge in [0, 0.05) is 35.9 Å². The molecule has 0 saturated carbocycles. The molecule has 4 nitrogen and oxygen atoms in total. The van der Waals surface area contributed by atoms with Crippen molar-refractivity contribution in [3.63, 3.8) is 0 Å². The number of ether oxygens (including phenoxy) is 1. The number of pyridine rings is 1. The van der Waals surface area contributed by atoms with E-state index < -0.39 is 5.92 Å². The van der Waals surface area contributed by atoms with Crippen LogP contribution in [0.4, 0.5) is 0 Å². The molecule has 5 heteroatoms. The van der Waals surface area contributed by atoms with Gasteiger partial charge >= 0.3 is 0 Å². The lowest BCUT2D eigenvalue weighted by Gasteiger charge is -2.33. The molecule has 3 aromatic rings. The van der Waals surface area contributed by atoms with Crippen LogP contribution in [0.5, 0.6) is 5.75 Å². The van der Waals surface area contributed by atoms with Gasteiger partial charge in [-0.2, -0.15) is 0 Å². The number of rotatable bonds is 1. The highest BCUT2D eigenvalue weighted by Gasteiger charge is 2.39. The van der Waals surface area contributed by atoms with Crippen LogP contribution in [-0.4, -0.2) is 10.4 Å². The van der Waals surface area contributed by atoms with Gasteiger partial charge in [-0.05, 0) is 36.2 Å². The number of para-hydroxylation sites is 1. The molecule has 1 aliphatic carbocycles. The maximum absolute atomic E-state index is 13.4. The van der Waals surface area contributed by atoms with Gasteiger partial charge in [0.15, 0.2) is 5.78 Å². The smallest absolute Gasteiger partial charge is 0.258 e. The summed E-state index contributed by atoms with van der Waals surface area (Å²) in [7, 11) is 1.76. The van der Waals surface area contributed by atoms with E-state index in [-0.39, 0.29) is 11.3 Å². The second-order valence-electron chi connectivity index (χ2n) is 7.32. The Morgan fingerprint density at radius 1 is 1.04 bits per heavy atom. The number of halogens is 1. The number of hydrogen-bond donors (Lipinski definition) is 0. The summed E-state index contributed by atoms with van der Waals surface area (Å²) >= 11 is 6.08. The first-order chi connectivity index (χ1) is 13.6. The van der Waals surface area contributed by atoms with Crippen LogP contribution in [0.3, 0.4) is 0 Å². The van der Waals surface area contributed by atoms with Crippen molar-refractivity contribution in [3.05, 3.63) is 86.4 Å². The lowest BCUT2D eigenvalue weighted by atomic mass is 9.77. The van der Waals surface area contributed by atoms with Crippen molar-refractivity contribution in [1.29, 1.82) is 0 Å². The highest BCUT2D eigenvalue weighted by atomic mass is 35.5. The molecule has 0 bridgehead atoms. The number of carbonyl (C=O) groups is 1.